The number of benzene rings is 1. The van der Waals surface area contributed by atoms with Crippen LogP contribution in [0.2, 0.25) is 0 Å². The van der Waals surface area contributed by atoms with Crippen LogP contribution in [-0.4, -0.2) is 38.1 Å². The molecule has 1 aromatic rings. The fraction of sp³-hybridized carbons (Fsp3) is 0.500. The molecule has 2 rings (SSSR count). The van der Waals surface area contributed by atoms with Crippen LogP contribution in [0, 0.1) is 0 Å². The van der Waals surface area contributed by atoms with Gasteiger partial charge >= 0.3 is 6.03 Å². The molecule has 0 aliphatic carbocycles. The summed E-state index contributed by atoms with van der Waals surface area (Å²) in [4.78, 5) is 13.6. The number of nitrogens with one attached hydrogen (secondary N) is 2. The average Bonchev–Trinajstić information content (AvgIpc) is 2.86. The third-order valence-electron chi connectivity index (χ3n) is 3.43. The maximum Gasteiger partial charge on any atom is 0.315 e. The van der Waals surface area contributed by atoms with Crippen molar-refractivity contribution in [3.8, 4) is 0 Å². The van der Waals surface area contributed by atoms with Gasteiger partial charge in [-0.3, -0.25) is 0 Å². The van der Waals surface area contributed by atoms with Crippen molar-refractivity contribution in [1.29, 1.82) is 0 Å². The summed E-state index contributed by atoms with van der Waals surface area (Å²) >= 11 is 0. The van der Waals surface area contributed by atoms with E-state index in [2.05, 4.69) is 27.7 Å². The molecule has 0 aromatic heterocycles. The monoisotopic (exact) mass is 283 g/mol. The number of alkyl halides is 2. The van der Waals surface area contributed by atoms with E-state index < -0.39 is 19.0 Å². The number of nitrogens with zero attached hydrogens (tertiary/aromatic N) is 1. The van der Waals surface area contributed by atoms with Crippen LogP contribution >= 0.6 is 0 Å². The number of carbonyl (C=O) groups is 1. The largest absolute Gasteiger partial charge is 0.366 e. The molecule has 0 saturated carbocycles. The van der Waals surface area contributed by atoms with Gasteiger partial charge in [0.2, 0.25) is 0 Å². The molecule has 2 amide bonds. The number of hydrogen-bond donors (Lipinski definition) is 2. The minimum atomic E-state index is -2.52. The summed E-state index contributed by atoms with van der Waals surface area (Å²) in [5, 5.41) is 4.75. The lowest BCUT2D eigenvalue weighted by molar-refractivity contribution is 0.146. The molecular weight excluding hydrogens is 264 g/mol. The van der Waals surface area contributed by atoms with E-state index in [1.807, 2.05) is 19.1 Å². The summed E-state index contributed by atoms with van der Waals surface area (Å²) in [6.07, 6.45) is -1.53. The van der Waals surface area contributed by atoms with E-state index in [0.717, 1.165) is 13.0 Å². The molecule has 0 fully saturated rings. The highest BCUT2D eigenvalue weighted by Gasteiger charge is 2.23. The van der Waals surface area contributed by atoms with Gasteiger partial charge < -0.3 is 15.5 Å². The summed E-state index contributed by atoms with van der Waals surface area (Å²) in [6.45, 7) is 2.73. The van der Waals surface area contributed by atoms with Gasteiger partial charge in [-0.05, 0) is 25.0 Å². The van der Waals surface area contributed by atoms with Crippen molar-refractivity contribution in [2.75, 3.05) is 24.5 Å². The molecule has 1 aromatic carbocycles. The minimum Gasteiger partial charge on any atom is -0.366 e. The van der Waals surface area contributed by atoms with E-state index in [9.17, 15) is 13.6 Å². The van der Waals surface area contributed by atoms with Crippen LogP contribution in [0.3, 0.4) is 0 Å². The zero-order valence-corrected chi connectivity index (χ0v) is 11.4. The van der Waals surface area contributed by atoms with Gasteiger partial charge in [-0.15, -0.1) is 0 Å². The molecule has 0 unspecified atom stereocenters. The van der Waals surface area contributed by atoms with Crippen LogP contribution in [-0.2, 0) is 6.42 Å². The summed E-state index contributed by atoms with van der Waals surface area (Å²) in [7, 11) is 0. The van der Waals surface area contributed by atoms with Crippen LogP contribution in [0.4, 0.5) is 19.3 Å². The van der Waals surface area contributed by atoms with E-state index in [1.54, 1.807) is 0 Å². The maximum atomic E-state index is 12.0. The molecule has 6 heteroatoms. The molecule has 20 heavy (non-hydrogen) atoms. The Morgan fingerprint density at radius 3 is 2.75 bits per heavy atom. The minimum absolute atomic E-state index is 0.121. The van der Waals surface area contributed by atoms with Gasteiger partial charge in [-0.1, -0.05) is 18.2 Å². The smallest absolute Gasteiger partial charge is 0.315 e. The van der Waals surface area contributed by atoms with Crippen LogP contribution in [0.5, 0.6) is 0 Å². The standard InChI is InChI=1S/C14H19F2N3O/c1-10(8-17-14(20)18-9-13(15)16)19-7-6-11-4-2-3-5-12(11)19/h2-5,10,13H,6-9H2,1H3,(H2,17,18,20)/t10-/m1/s1. The fourth-order valence-corrected chi connectivity index (χ4v) is 2.40. The lowest BCUT2D eigenvalue weighted by atomic mass is 10.2. The molecular formula is C14H19F2N3O. The quantitative estimate of drug-likeness (QED) is 0.868. The Morgan fingerprint density at radius 1 is 1.30 bits per heavy atom. The van der Waals surface area contributed by atoms with Gasteiger partial charge in [-0.25, -0.2) is 13.6 Å². The van der Waals surface area contributed by atoms with Crippen molar-refractivity contribution < 1.29 is 13.6 Å². The van der Waals surface area contributed by atoms with E-state index in [-0.39, 0.29) is 6.04 Å². The molecule has 1 aliphatic rings. The first-order valence-electron chi connectivity index (χ1n) is 6.72. The molecule has 4 nitrogen and oxygen atoms in total. The lowest BCUT2D eigenvalue weighted by Crippen LogP contribution is -2.45. The van der Waals surface area contributed by atoms with Gasteiger partial charge in [0.25, 0.3) is 6.43 Å². The zero-order valence-electron chi connectivity index (χ0n) is 11.4. The molecule has 1 heterocycles. The van der Waals surface area contributed by atoms with Crippen molar-refractivity contribution in [2.45, 2.75) is 25.8 Å². The van der Waals surface area contributed by atoms with Crippen LogP contribution in [0.1, 0.15) is 12.5 Å². The molecule has 0 bridgehead atoms. The second-order valence-electron chi connectivity index (χ2n) is 4.90. The Morgan fingerprint density at radius 2 is 2.00 bits per heavy atom. The van der Waals surface area contributed by atoms with E-state index >= 15 is 0 Å². The summed E-state index contributed by atoms with van der Waals surface area (Å²) < 4.78 is 23.9. The van der Waals surface area contributed by atoms with Crippen molar-refractivity contribution >= 4 is 11.7 Å². The van der Waals surface area contributed by atoms with Crippen molar-refractivity contribution in [3.05, 3.63) is 29.8 Å². The number of amides is 2. The van der Waals surface area contributed by atoms with Gasteiger partial charge in [0.1, 0.15) is 0 Å². The van der Waals surface area contributed by atoms with Crippen LogP contribution < -0.4 is 15.5 Å². The summed E-state index contributed by atoms with van der Waals surface area (Å²) in [6, 6.07) is 7.75. The average molecular weight is 283 g/mol. The van der Waals surface area contributed by atoms with Gasteiger partial charge in [0, 0.05) is 24.8 Å². The van der Waals surface area contributed by atoms with Crippen LogP contribution in [0.25, 0.3) is 0 Å². The Hall–Kier alpha value is -1.85. The third-order valence-corrected chi connectivity index (χ3v) is 3.43. The number of urea groups is 1. The van der Waals surface area contributed by atoms with E-state index in [4.69, 9.17) is 0 Å². The molecule has 0 saturated heterocycles. The van der Waals surface area contributed by atoms with Crippen molar-refractivity contribution in [1.82, 2.24) is 10.6 Å². The zero-order chi connectivity index (χ0) is 14.5. The number of hydrogen-bond acceptors (Lipinski definition) is 2. The maximum absolute atomic E-state index is 12.0. The van der Waals surface area contributed by atoms with Crippen molar-refractivity contribution in [3.63, 3.8) is 0 Å². The number of rotatable bonds is 5. The molecule has 110 valence electrons. The molecule has 1 aliphatic heterocycles. The second kappa shape index (κ2) is 6.54. The molecule has 0 spiro atoms. The normalized spacial score (nSPS) is 15.1. The number of para-hydroxylation sites is 1. The Bertz CT molecular complexity index is 467. The third kappa shape index (κ3) is 3.59. The predicted octanol–water partition coefficient (Wildman–Crippen LogP) is 2.00. The number of fused-ring (bicyclic) bond motifs is 1. The lowest BCUT2D eigenvalue weighted by Gasteiger charge is -2.27. The number of carbonyl (C=O) groups excluding carboxylic acids is 1. The first-order valence-corrected chi connectivity index (χ1v) is 6.72. The molecule has 1 atom stereocenters. The second-order valence-corrected chi connectivity index (χ2v) is 4.90. The van der Waals surface area contributed by atoms with Crippen molar-refractivity contribution in [2.24, 2.45) is 0 Å². The van der Waals surface area contributed by atoms with E-state index in [0.29, 0.717) is 6.54 Å². The Balaban J connectivity index is 1.81. The SMILES string of the molecule is C[C@H](CNC(=O)NCC(F)F)N1CCc2ccccc21. The van der Waals surface area contributed by atoms with Gasteiger partial charge in [0.15, 0.2) is 0 Å². The Kier molecular flexibility index (Phi) is 4.76. The summed E-state index contributed by atoms with van der Waals surface area (Å²) in [5.41, 5.74) is 2.50. The fourth-order valence-electron chi connectivity index (χ4n) is 2.40. The number of halogens is 2. The topological polar surface area (TPSA) is 44.4 Å². The first kappa shape index (κ1) is 14.6. The highest BCUT2D eigenvalue weighted by atomic mass is 19.3. The van der Waals surface area contributed by atoms with Gasteiger partial charge in [-0.2, -0.15) is 0 Å². The van der Waals surface area contributed by atoms with Gasteiger partial charge in [0.05, 0.1) is 6.54 Å². The summed E-state index contributed by atoms with van der Waals surface area (Å²) in [5.74, 6) is 0. The Labute approximate surface area is 117 Å². The highest BCUT2D eigenvalue weighted by molar-refractivity contribution is 5.74. The van der Waals surface area contributed by atoms with Crippen LogP contribution in [0.15, 0.2) is 24.3 Å². The number of anilines is 1. The molecule has 0 radical (unpaired) electrons. The van der Waals surface area contributed by atoms with E-state index in [1.165, 1.54) is 11.3 Å². The molecule has 2 N–H and O–H groups in total. The predicted molar refractivity (Wildman–Crippen MR) is 74.4 cm³/mol. The first-order chi connectivity index (χ1) is 9.58. The highest BCUT2D eigenvalue weighted by Crippen LogP contribution is 2.28.